The maximum Gasteiger partial charge on any atom is 0.255 e. The first-order valence-electron chi connectivity index (χ1n) is 8.59. The monoisotopic (exact) mass is 357 g/mol. The number of amides is 1. The number of halogens is 1. The van der Waals surface area contributed by atoms with Gasteiger partial charge in [-0.1, -0.05) is 12.1 Å². The molecular weight excluding hydrogens is 337 g/mol. The molecule has 3 atom stereocenters. The Balaban J connectivity index is 1.54. The Bertz CT molecular complexity index is 804. The summed E-state index contributed by atoms with van der Waals surface area (Å²) in [5.41, 5.74) is 0.841. The molecule has 2 aliphatic rings. The molecule has 3 heterocycles. The fraction of sp³-hybridized carbons (Fsp3) is 0.421. The third-order valence-corrected chi connectivity index (χ3v) is 5.32. The van der Waals surface area contributed by atoms with Crippen LogP contribution in [0.25, 0.3) is 0 Å². The van der Waals surface area contributed by atoms with Crippen LogP contribution < -0.4 is 0 Å². The zero-order valence-corrected chi connectivity index (χ0v) is 14.5. The van der Waals surface area contributed by atoms with Crippen molar-refractivity contribution in [3.05, 3.63) is 59.7 Å². The predicted octanol–water partition coefficient (Wildman–Crippen LogP) is 2.03. The van der Waals surface area contributed by atoms with Gasteiger partial charge in [-0.25, -0.2) is 4.39 Å². The summed E-state index contributed by atoms with van der Waals surface area (Å²) in [7, 11) is 1.63. The van der Waals surface area contributed by atoms with E-state index in [1.54, 1.807) is 30.2 Å². The van der Waals surface area contributed by atoms with E-state index in [2.05, 4.69) is 10.2 Å². The minimum atomic E-state index is -0.568. The molecule has 0 aliphatic carbocycles. The first-order valence-corrected chi connectivity index (χ1v) is 8.59. The van der Waals surface area contributed by atoms with E-state index >= 15 is 0 Å². The number of hydrogen-bond donors (Lipinski definition) is 0. The number of carbonyl (C=O) groups excluding carboxylic acids is 1. The molecule has 2 aliphatic heterocycles. The second-order valence-corrected chi connectivity index (χ2v) is 6.87. The summed E-state index contributed by atoms with van der Waals surface area (Å²) in [6, 6.07) is 8.26. The van der Waals surface area contributed by atoms with Crippen molar-refractivity contribution in [1.29, 1.82) is 0 Å². The van der Waals surface area contributed by atoms with Crippen molar-refractivity contribution in [2.75, 3.05) is 26.8 Å². The first-order chi connectivity index (χ1) is 12.6. The van der Waals surface area contributed by atoms with Crippen molar-refractivity contribution < 1.29 is 18.7 Å². The van der Waals surface area contributed by atoms with Gasteiger partial charge in [0.1, 0.15) is 17.5 Å². The van der Waals surface area contributed by atoms with Crippen LogP contribution >= 0.6 is 0 Å². The Labute approximate surface area is 150 Å². The van der Waals surface area contributed by atoms with Gasteiger partial charge in [0.05, 0.1) is 37.7 Å². The Morgan fingerprint density at radius 3 is 3.00 bits per heavy atom. The zero-order chi connectivity index (χ0) is 18.1. The molecule has 136 valence electrons. The molecule has 1 aromatic heterocycles. The highest BCUT2D eigenvalue weighted by molar-refractivity contribution is 5.94. The molecule has 2 aromatic rings. The van der Waals surface area contributed by atoms with E-state index in [1.165, 1.54) is 18.5 Å². The topological polar surface area (TPSA) is 64.5 Å². The number of benzene rings is 1. The maximum atomic E-state index is 13.6. The molecule has 0 N–H and O–H groups in total. The van der Waals surface area contributed by atoms with E-state index in [1.807, 2.05) is 6.07 Å². The summed E-state index contributed by atoms with van der Waals surface area (Å²) < 4.78 is 25.4. The van der Waals surface area contributed by atoms with Gasteiger partial charge in [-0.2, -0.15) is 10.2 Å². The molecule has 6 nitrogen and oxygen atoms in total. The molecule has 0 saturated carbocycles. The molecule has 7 heteroatoms. The number of nitrogens with zero attached hydrogens (tertiary/aromatic N) is 3. The molecule has 1 amide bonds. The van der Waals surface area contributed by atoms with Crippen LogP contribution in [-0.2, 0) is 9.47 Å². The lowest BCUT2D eigenvalue weighted by atomic mass is 9.87. The molecule has 1 spiro atoms. The van der Waals surface area contributed by atoms with Gasteiger partial charge in [-0.3, -0.25) is 4.79 Å². The average molecular weight is 357 g/mol. The number of methoxy groups -OCH3 is 1. The van der Waals surface area contributed by atoms with E-state index in [0.717, 1.165) is 5.56 Å². The summed E-state index contributed by atoms with van der Waals surface area (Å²) in [6.45, 7) is 1.38. The van der Waals surface area contributed by atoms with Crippen LogP contribution in [0.2, 0.25) is 0 Å². The average Bonchev–Trinajstić information content (AvgIpc) is 3.26. The Morgan fingerprint density at radius 2 is 2.27 bits per heavy atom. The molecule has 0 unspecified atom stereocenters. The number of likely N-dealkylation sites (tertiary alicyclic amines) is 1. The minimum Gasteiger partial charge on any atom is -0.377 e. The first kappa shape index (κ1) is 17.1. The third kappa shape index (κ3) is 2.97. The smallest absolute Gasteiger partial charge is 0.255 e. The highest BCUT2D eigenvalue weighted by Crippen LogP contribution is 2.43. The number of ether oxygens (including phenoxy) is 2. The lowest BCUT2D eigenvalue weighted by Crippen LogP contribution is -2.42. The van der Waals surface area contributed by atoms with Gasteiger partial charge in [-0.15, -0.1) is 0 Å². The molecule has 2 fully saturated rings. The van der Waals surface area contributed by atoms with Crippen molar-refractivity contribution in [2.45, 2.75) is 24.0 Å². The summed E-state index contributed by atoms with van der Waals surface area (Å²) in [6.07, 6.45) is 3.42. The van der Waals surface area contributed by atoms with Crippen LogP contribution in [-0.4, -0.2) is 59.5 Å². The number of hydrogen-bond acceptors (Lipinski definition) is 5. The Kier molecular flexibility index (Phi) is 4.42. The number of aromatic nitrogens is 2. The fourth-order valence-corrected chi connectivity index (χ4v) is 4.01. The van der Waals surface area contributed by atoms with Gasteiger partial charge < -0.3 is 14.4 Å². The van der Waals surface area contributed by atoms with Gasteiger partial charge >= 0.3 is 0 Å². The van der Waals surface area contributed by atoms with Gasteiger partial charge in [0.2, 0.25) is 0 Å². The van der Waals surface area contributed by atoms with Gasteiger partial charge in [0.25, 0.3) is 5.91 Å². The van der Waals surface area contributed by atoms with E-state index in [4.69, 9.17) is 9.47 Å². The van der Waals surface area contributed by atoms with Crippen molar-refractivity contribution in [3.8, 4) is 0 Å². The van der Waals surface area contributed by atoms with Crippen LogP contribution in [0, 0.1) is 5.82 Å². The van der Waals surface area contributed by atoms with Crippen LogP contribution in [0.3, 0.4) is 0 Å². The summed E-state index contributed by atoms with van der Waals surface area (Å²) in [5.74, 6) is -0.280. The van der Waals surface area contributed by atoms with Gasteiger partial charge in [-0.05, 0) is 30.2 Å². The SMILES string of the molecule is CO[C@@H]1CN(C(=O)c2ccnnc2)C[C@]12C[C@H](c1cccc(F)c1)CO2. The minimum absolute atomic E-state index is 0.0843. The lowest BCUT2D eigenvalue weighted by Gasteiger charge is -2.28. The highest BCUT2D eigenvalue weighted by atomic mass is 19.1. The number of carbonyl (C=O) groups is 1. The van der Waals surface area contributed by atoms with E-state index in [9.17, 15) is 9.18 Å². The maximum absolute atomic E-state index is 13.6. The summed E-state index contributed by atoms with van der Waals surface area (Å²) >= 11 is 0. The quantitative estimate of drug-likeness (QED) is 0.841. The molecule has 2 saturated heterocycles. The second kappa shape index (κ2) is 6.74. The summed E-state index contributed by atoms with van der Waals surface area (Å²) in [5, 5.41) is 7.48. The van der Waals surface area contributed by atoms with E-state index < -0.39 is 5.60 Å². The predicted molar refractivity (Wildman–Crippen MR) is 91.2 cm³/mol. The van der Waals surface area contributed by atoms with Crippen molar-refractivity contribution >= 4 is 5.91 Å². The third-order valence-electron chi connectivity index (χ3n) is 5.32. The van der Waals surface area contributed by atoms with E-state index in [-0.39, 0.29) is 23.7 Å². The van der Waals surface area contributed by atoms with Crippen LogP contribution in [0.15, 0.2) is 42.7 Å². The molecular formula is C19H20FN3O3. The Hall–Kier alpha value is -2.38. The molecule has 1 aromatic carbocycles. The van der Waals surface area contributed by atoms with Crippen LogP contribution in [0.5, 0.6) is 0 Å². The summed E-state index contributed by atoms with van der Waals surface area (Å²) in [4.78, 5) is 14.5. The fourth-order valence-electron chi connectivity index (χ4n) is 4.01. The van der Waals surface area contributed by atoms with Crippen LogP contribution in [0.4, 0.5) is 4.39 Å². The highest BCUT2D eigenvalue weighted by Gasteiger charge is 2.54. The van der Waals surface area contributed by atoms with Crippen molar-refractivity contribution in [3.63, 3.8) is 0 Å². The zero-order valence-electron chi connectivity index (χ0n) is 14.5. The molecule has 0 bridgehead atoms. The largest absolute Gasteiger partial charge is 0.377 e. The van der Waals surface area contributed by atoms with Crippen molar-refractivity contribution in [2.24, 2.45) is 0 Å². The number of rotatable bonds is 3. The van der Waals surface area contributed by atoms with Gasteiger partial charge in [0, 0.05) is 13.0 Å². The van der Waals surface area contributed by atoms with Crippen LogP contribution in [0.1, 0.15) is 28.3 Å². The normalized spacial score (nSPS) is 28.0. The Morgan fingerprint density at radius 1 is 1.38 bits per heavy atom. The lowest BCUT2D eigenvalue weighted by molar-refractivity contribution is -0.0755. The van der Waals surface area contributed by atoms with Gasteiger partial charge in [0.15, 0.2) is 0 Å². The molecule has 0 radical (unpaired) electrons. The second-order valence-electron chi connectivity index (χ2n) is 6.87. The van der Waals surface area contributed by atoms with Crippen molar-refractivity contribution in [1.82, 2.24) is 15.1 Å². The standard InChI is InChI=1S/C19H20FN3O3/c1-25-17-10-23(18(24)14-5-6-21-22-9-14)12-19(17)8-15(11-26-19)13-3-2-4-16(20)7-13/h2-7,9,15,17H,8,10-12H2,1H3/t15-,17+,19+/m0/s1. The van der Waals surface area contributed by atoms with E-state index in [0.29, 0.717) is 31.7 Å². The molecule has 26 heavy (non-hydrogen) atoms. The molecule has 4 rings (SSSR count).